The van der Waals surface area contributed by atoms with Gasteiger partial charge in [-0.1, -0.05) is 25.7 Å². The first kappa shape index (κ1) is 13.0. The van der Waals surface area contributed by atoms with Crippen LogP contribution >= 0.6 is 0 Å². The van der Waals surface area contributed by atoms with Crippen molar-refractivity contribution in [2.45, 2.75) is 63.5 Å². The predicted molar refractivity (Wildman–Crippen MR) is 75.5 cm³/mol. The van der Waals surface area contributed by atoms with Crippen LogP contribution in [-0.4, -0.2) is 29.0 Å². The van der Waals surface area contributed by atoms with Crippen LogP contribution in [0.3, 0.4) is 0 Å². The second-order valence-corrected chi connectivity index (χ2v) is 5.91. The Morgan fingerprint density at radius 2 is 2.00 bits per heavy atom. The SMILES string of the molecule is c1nn(C2CCCCC2)cc1OCC1CCCCN1. The molecule has 106 valence electrons. The highest BCUT2D eigenvalue weighted by molar-refractivity contribution is 5.12. The number of hydrogen-bond acceptors (Lipinski definition) is 3. The number of piperidine rings is 1. The number of nitrogens with zero attached hydrogens (tertiary/aromatic N) is 2. The van der Waals surface area contributed by atoms with Crippen LogP contribution in [0.25, 0.3) is 0 Å². The van der Waals surface area contributed by atoms with Crippen LogP contribution in [0.5, 0.6) is 5.75 Å². The highest BCUT2D eigenvalue weighted by Crippen LogP contribution is 2.28. The quantitative estimate of drug-likeness (QED) is 0.908. The lowest BCUT2D eigenvalue weighted by Gasteiger charge is -2.23. The van der Waals surface area contributed by atoms with Crippen LogP contribution in [-0.2, 0) is 0 Å². The van der Waals surface area contributed by atoms with Gasteiger partial charge < -0.3 is 10.1 Å². The molecular formula is C15H25N3O. The monoisotopic (exact) mass is 263 g/mol. The topological polar surface area (TPSA) is 39.1 Å². The molecular weight excluding hydrogens is 238 g/mol. The number of hydrogen-bond donors (Lipinski definition) is 1. The van der Waals surface area contributed by atoms with E-state index in [-0.39, 0.29) is 0 Å². The molecule has 0 aromatic carbocycles. The minimum absolute atomic E-state index is 0.520. The van der Waals surface area contributed by atoms with Crippen molar-refractivity contribution in [3.63, 3.8) is 0 Å². The zero-order valence-electron chi connectivity index (χ0n) is 11.7. The first-order valence-corrected chi connectivity index (χ1v) is 7.82. The van der Waals surface area contributed by atoms with E-state index >= 15 is 0 Å². The summed E-state index contributed by atoms with van der Waals surface area (Å²) >= 11 is 0. The lowest BCUT2D eigenvalue weighted by molar-refractivity contribution is 0.238. The zero-order chi connectivity index (χ0) is 12.9. The molecule has 2 fully saturated rings. The van der Waals surface area contributed by atoms with Crippen molar-refractivity contribution in [3.8, 4) is 5.75 Å². The Morgan fingerprint density at radius 3 is 2.79 bits per heavy atom. The van der Waals surface area contributed by atoms with E-state index in [2.05, 4.69) is 21.3 Å². The summed E-state index contributed by atoms with van der Waals surface area (Å²) in [5, 5.41) is 7.98. The van der Waals surface area contributed by atoms with Crippen molar-refractivity contribution in [2.75, 3.05) is 13.2 Å². The van der Waals surface area contributed by atoms with Gasteiger partial charge >= 0.3 is 0 Å². The van der Waals surface area contributed by atoms with Crippen molar-refractivity contribution in [1.29, 1.82) is 0 Å². The van der Waals surface area contributed by atoms with E-state index in [0.29, 0.717) is 12.1 Å². The number of rotatable bonds is 4. The van der Waals surface area contributed by atoms with Gasteiger partial charge in [0, 0.05) is 6.04 Å². The lowest BCUT2D eigenvalue weighted by Crippen LogP contribution is -2.38. The second kappa shape index (κ2) is 6.42. The molecule has 1 saturated carbocycles. The molecule has 1 saturated heterocycles. The summed E-state index contributed by atoms with van der Waals surface area (Å²) in [6.07, 6.45) is 14.4. The Balaban J connectivity index is 1.49. The maximum atomic E-state index is 5.87. The van der Waals surface area contributed by atoms with Crippen molar-refractivity contribution in [3.05, 3.63) is 12.4 Å². The first-order chi connectivity index (χ1) is 9.42. The van der Waals surface area contributed by atoms with Gasteiger partial charge in [0.2, 0.25) is 0 Å². The molecule has 1 aliphatic heterocycles. The van der Waals surface area contributed by atoms with E-state index in [9.17, 15) is 0 Å². The summed E-state index contributed by atoms with van der Waals surface area (Å²) in [6, 6.07) is 1.12. The van der Waals surface area contributed by atoms with Crippen molar-refractivity contribution >= 4 is 0 Å². The average molecular weight is 263 g/mol. The van der Waals surface area contributed by atoms with Gasteiger partial charge in [0.05, 0.1) is 18.4 Å². The number of nitrogens with one attached hydrogen (secondary N) is 1. The van der Waals surface area contributed by atoms with E-state index in [1.165, 1.54) is 51.4 Å². The lowest BCUT2D eigenvalue weighted by atomic mass is 9.96. The van der Waals surface area contributed by atoms with Crippen molar-refractivity contribution in [2.24, 2.45) is 0 Å². The molecule has 19 heavy (non-hydrogen) atoms. The fourth-order valence-corrected chi connectivity index (χ4v) is 3.20. The molecule has 0 spiro atoms. The molecule has 0 radical (unpaired) electrons. The molecule has 1 aromatic rings. The molecule has 0 amide bonds. The van der Waals surface area contributed by atoms with Gasteiger partial charge in [-0.05, 0) is 32.2 Å². The molecule has 2 aliphatic rings. The summed E-state index contributed by atoms with van der Waals surface area (Å²) in [7, 11) is 0. The van der Waals surface area contributed by atoms with Crippen LogP contribution in [0, 0.1) is 0 Å². The standard InChI is InChI=1S/C15H25N3O/c1-2-7-14(8-3-1)18-11-15(10-17-18)19-12-13-6-4-5-9-16-13/h10-11,13-14,16H,1-9,12H2. The molecule has 3 rings (SSSR count). The normalized spacial score (nSPS) is 25.4. The van der Waals surface area contributed by atoms with Crippen LogP contribution in [0.2, 0.25) is 0 Å². The van der Waals surface area contributed by atoms with Crippen molar-refractivity contribution in [1.82, 2.24) is 15.1 Å². The molecule has 1 aliphatic carbocycles. The molecule has 2 heterocycles. The van der Waals surface area contributed by atoms with Crippen LogP contribution in [0.15, 0.2) is 12.4 Å². The fourth-order valence-electron chi connectivity index (χ4n) is 3.20. The van der Waals surface area contributed by atoms with E-state index in [1.54, 1.807) is 0 Å². The van der Waals surface area contributed by atoms with Gasteiger partial charge in [-0.2, -0.15) is 5.10 Å². The minimum Gasteiger partial charge on any atom is -0.489 e. The molecule has 4 heteroatoms. The summed E-state index contributed by atoms with van der Waals surface area (Å²) in [4.78, 5) is 0. The van der Waals surface area contributed by atoms with Gasteiger partial charge in [-0.3, -0.25) is 4.68 Å². The average Bonchev–Trinajstić information content (AvgIpc) is 2.96. The Kier molecular flexibility index (Phi) is 4.38. The van der Waals surface area contributed by atoms with E-state index in [0.717, 1.165) is 18.9 Å². The van der Waals surface area contributed by atoms with E-state index in [1.807, 2.05) is 6.20 Å². The Morgan fingerprint density at radius 1 is 1.16 bits per heavy atom. The summed E-state index contributed by atoms with van der Waals surface area (Å²) in [5.74, 6) is 0.929. The zero-order valence-corrected chi connectivity index (χ0v) is 11.7. The van der Waals surface area contributed by atoms with Crippen LogP contribution in [0.1, 0.15) is 57.4 Å². The Hall–Kier alpha value is -1.03. The smallest absolute Gasteiger partial charge is 0.157 e. The van der Waals surface area contributed by atoms with Gasteiger partial charge in [0.15, 0.2) is 5.75 Å². The van der Waals surface area contributed by atoms with Gasteiger partial charge in [-0.25, -0.2) is 0 Å². The third-order valence-corrected chi connectivity index (χ3v) is 4.39. The number of ether oxygens (including phenoxy) is 1. The summed E-state index contributed by atoms with van der Waals surface area (Å²) in [5.41, 5.74) is 0. The summed E-state index contributed by atoms with van der Waals surface area (Å²) in [6.45, 7) is 1.91. The van der Waals surface area contributed by atoms with Gasteiger partial charge in [-0.15, -0.1) is 0 Å². The number of aromatic nitrogens is 2. The van der Waals surface area contributed by atoms with E-state index in [4.69, 9.17) is 4.74 Å². The molecule has 1 atom stereocenters. The highest BCUT2D eigenvalue weighted by atomic mass is 16.5. The molecule has 1 aromatic heterocycles. The third kappa shape index (κ3) is 3.50. The Bertz CT molecular complexity index is 378. The highest BCUT2D eigenvalue weighted by Gasteiger charge is 2.17. The second-order valence-electron chi connectivity index (χ2n) is 5.91. The third-order valence-electron chi connectivity index (χ3n) is 4.39. The molecule has 1 unspecified atom stereocenters. The van der Waals surface area contributed by atoms with E-state index < -0.39 is 0 Å². The minimum atomic E-state index is 0.520. The van der Waals surface area contributed by atoms with Gasteiger partial charge in [0.25, 0.3) is 0 Å². The molecule has 0 bridgehead atoms. The molecule has 1 N–H and O–H groups in total. The van der Waals surface area contributed by atoms with Crippen LogP contribution < -0.4 is 10.1 Å². The first-order valence-electron chi connectivity index (χ1n) is 7.82. The predicted octanol–water partition coefficient (Wildman–Crippen LogP) is 2.91. The fraction of sp³-hybridized carbons (Fsp3) is 0.800. The van der Waals surface area contributed by atoms with Crippen molar-refractivity contribution < 1.29 is 4.74 Å². The van der Waals surface area contributed by atoms with Gasteiger partial charge in [0.1, 0.15) is 6.61 Å². The maximum absolute atomic E-state index is 5.87. The van der Waals surface area contributed by atoms with Crippen LogP contribution in [0.4, 0.5) is 0 Å². The molecule has 4 nitrogen and oxygen atoms in total. The summed E-state index contributed by atoms with van der Waals surface area (Å²) < 4.78 is 7.99. The largest absolute Gasteiger partial charge is 0.489 e. The Labute approximate surface area is 115 Å². The maximum Gasteiger partial charge on any atom is 0.157 e.